The zero-order chi connectivity index (χ0) is 12.0. The van der Waals surface area contributed by atoms with Crippen LogP contribution < -0.4 is 11.1 Å². The van der Waals surface area contributed by atoms with Gasteiger partial charge in [0.05, 0.1) is 12.1 Å². The molecule has 90 valence electrons. The number of hydrogen-bond acceptors (Lipinski definition) is 5. The van der Waals surface area contributed by atoms with Gasteiger partial charge in [-0.3, -0.25) is 4.79 Å². The van der Waals surface area contributed by atoms with E-state index in [1.54, 1.807) is 5.38 Å². The molecule has 1 atom stereocenters. The number of amides is 1. The molecule has 6 heteroatoms. The molecule has 1 aromatic rings. The molecule has 1 heterocycles. The third-order valence-electron chi connectivity index (χ3n) is 2.25. The number of hydrogen-bond donors (Lipinski definition) is 3. The molecule has 0 spiro atoms. The van der Waals surface area contributed by atoms with Crippen molar-refractivity contribution >= 4 is 22.4 Å². The Morgan fingerprint density at radius 1 is 1.75 bits per heavy atom. The first-order valence-corrected chi connectivity index (χ1v) is 6.13. The average Bonchev–Trinajstić information content (AvgIpc) is 2.63. The van der Waals surface area contributed by atoms with Crippen LogP contribution in [-0.2, 0) is 11.2 Å². The number of nitrogens with two attached hydrogens (primary N) is 1. The Bertz CT molecular complexity index is 341. The van der Waals surface area contributed by atoms with Crippen molar-refractivity contribution in [3.05, 3.63) is 11.1 Å². The van der Waals surface area contributed by atoms with Crippen LogP contribution in [0.3, 0.4) is 0 Å². The monoisotopic (exact) mass is 243 g/mol. The van der Waals surface area contributed by atoms with Crippen LogP contribution in [0.4, 0.5) is 5.13 Å². The summed E-state index contributed by atoms with van der Waals surface area (Å²) in [7, 11) is 0. The van der Waals surface area contributed by atoms with Crippen LogP contribution in [-0.4, -0.2) is 28.6 Å². The lowest BCUT2D eigenvalue weighted by Crippen LogP contribution is -2.36. The van der Waals surface area contributed by atoms with Crippen LogP contribution in [0.2, 0.25) is 0 Å². The van der Waals surface area contributed by atoms with E-state index in [2.05, 4.69) is 10.3 Å². The van der Waals surface area contributed by atoms with Gasteiger partial charge in [0.1, 0.15) is 0 Å². The standard InChI is InChI=1S/C10H17N3O2S/c1-2-7(3-4-14)12-9(15)5-8-6-16-10(11)13-8/h6-7,14H,2-5H2,1H3,(H2,11,13)(H,12,15). The molecule has 1 rings (SSSR count). The van der Waals surface area contributed by atoms with Gasteiger partial charge in [0.2, 0.25) is 5.91 Å². The normalized spacial score (nSPS) is 12.4. The number of nitrogens with one attached hydrogen (secondary N) is 1. The quantitative estimate of drug-likeness (QED) is 0.680. The highest BCUT2D eigenvalue weighted by molar-refractivity contribution is 7.13. The van der Waals surface area contributed by atoms with Crippen LogP contribution in [0.1, 0.15) is 25.5 Å². The maximum atomic E-state index is 11.6. The minimum atomic E-state index is -0.0781. The van der Waals surface area contributed by atoms with Gasteiger partial charge in [-0.15, -0.1) is 11.3 Å². The molecule has 0 saturated carbocycles. The SMILES string of the molecule is CCC(CCO)NC(=O)Cc1csc(N)n1. The number of aliphatic hydroxyl groups is 1. The maximum Gasteiger partial charge on any atom is 0.226 e. The minimum Gasteiger partial charge on any atom is -0.396 e. The highest BCUT2D eigenvalue weighted by Crippen LogP contribution is 2.11. The second kappa shape index (κ2) is 6.44. The molecule has 0 aromatic carbocycles. The van der Waals surface area contributed by atoms with E-state index < -0.39 is 0 Å². The first-order chi connectivity index (χ1) is 7.65. The number of aromatic nitrogens is 1. The summed E-state index contributed by atoms with van der Waals surface area (Å²) < 4.78 is 0. The van der Waals surface area contributed by atoms with Crippen molar-refractivity contribution in [1.82, 2.24) is 10.3 Å². The summed E-state index contributed by atoms with van der Waals surface area (Å²) in [6.45, 7) is 2.06. The molecule has 0 saturated heterocycles. The maximum absolute atomic E-state index is 11.6. The van der Waals surface area contributed by atoms with E-state index in [0.29, 0.717) is 17.2 Å². The predicted octanol–water partition coefficient (Wildman–Crippen LogP) is 0.545. The molecule has 1 aromatic heterocycles. The highest BCUT2D eigenvalue weighted by Gasteiger charge is 2.11. The second-order valence-electron chi connectivity index (χ2n) is 3.54. The van der Waals surface area contributed by atoms with Crippen molar-refractivity contribution in [2.45, 2.75) is 32.2 Å². The molecule has 0 bridgehead atoms. The summed E-state index contributed by atoms with van der Waals surface area (Å²) in [6.07, 6.45) is 1.64. The third-order valence-corrected chi connectivity index (χ3v) is 2.97. The van der Waals surface area contributed by atoms with Gasteiger partial charge in [-0.25, -0.2) is 4.98 Å². The zero-order valence-electron chi connectivity index (χ0n) is 9.27. The van der Waals surface area contributed by atoms with Crippen LogP contribution in [0.25, 0.3) is 0 Å². The first kappa shape index (κ1) is 12.9. The molecule has 1 unspecified atom stereocenters. The number of carbonyl (C=O) groups excluding carboxylic acids is 1. The lowest BCUT2D eigenvalue weighted by molar-refractivity contribution is -0.121. The van der Waals surface area contributed by atoms with Gasteiger partial charge in [0, 0.05) is 18.0 Å². The van der Waals surface area contributed by atoms with Gasteiger partial charge in [-0.05, 0) is 12.8 Å². The van der Waals surface area contributed by atoms with Crippen molar-refractivity contribution in [1.29, 1.82) is 0 Å². The van der Waals surface area contributed by atoms with E-state index in [9.17, 15) is 4.79 Å². The Labute approximate surface area is 98.7 Å². The minimum absolute atomic E-state index is 0.0356. The lowest BCUT2D eigenvalue weighted by Gasteiger charge is -2.14. The molecule has 16 heavy (non-hydrogen) atoms. The zero-order valence-corrected chi connectivity index (χ0v) is 10.1. The summed E-state index contributed by atoms with van der Waals surface area (Å²) in [4.78, 5) is 15.6. The van der Waals surface area contributed by atoms with E-state index in [0.717, 1.165) is 6.42 Å². The molecule has 0 radical (unpaired) electrons. The molecule has 0 fully saturated rings. The molecular weight excluding hydrogens is 226 g/mol. The van der Waals surface area contributed by atoms with E-state index >= 15 is 0 Å². The fraction of sp³-hybridized carbons (Fsp3) is 0.600. The van der Waals surface area contributed by atoms with Gasteiger partial charge in [0.25, 0.3) is 0 Å². The number of rotatable bonds is 6. The van der Waals surface area contributed by atoms with Crippen molar-refractivity contribution in [3.8, 4) is 0 Å². The molecule has 0 aliphatic rings. The van der Waals surface area contributed by atoms with Crippen LogP contribution in [0, 0.1) is 0 Å². The summed E-state index contributed by atoms with van der Waals surface area (Å²) in [5.41, 5.74) is 6.17. The summed E-state index contributed by atoms with van der Waals surface area (Å²) >= 11 is 1.33. The van der Waals surface area contributed by atoms with Crippen LogP contribution in [0.5, 0.6) is 0 Å². The number of thiazole rings is 1. The van der Waals surface area contributed by atoms with Crippen molar-refractivity contribution < 1.29 is 9.90 Å². The number of anilines is 1. The Kier molecular flexibility index (Phi) is 5.21. The number of aliphatic hydroxyl groups excluding tert-OH is 1. The summed E-state index contributed by atoms with van der Waals surface area (Å²) in [5, 5.41) is 13.9. The Morgan fingerprint density at radius 3 is 3.00 bits per heavy atom. The van der Waals surface area contributed by atoms with E-state index in [1.807, 2.05) is 6.92 Å². The number of nitrogens with zero attached hydrogens (tertiary/aromatic N) is 1. The Balaban J connectivity index is 2.40. The van der Waals surface area contributed by atoms with Gasteiger partial charge in [-0.2, -0.15) is 0 Å². The third kappa shape index (κ3) is 4.16. The van der Waals surface area contributed by atoms with Gasteiger partial charge >= 0.3 is 0 Å². The summed E-state index contributed by atoms with van der Waals surface area (Å²) in [6, 6.07) is 0.0356. The fourth-order valence-corrected chi connectivity index (χ4v) is 1.94. The average molecular weight is 243 g/mol. The number of nitrogen functional groups attached to an aromatic ring is 1. The van der Waals surface area contributed by atoms with Gasteiger partial charge in [0.15, 0.2) is 5.13 Å². The van der Waals surface area contributed by atoms with Crippen LogP contribution >= 0.6 is 11.3 Å². The van der Waals surface area contributed by atoms with Gasteiger partial charge in [-0.1, -0.05) is 6.92 Å². The Morgan fingerprint density at radius 2 is 2.50 bits per heavy atom. The van der Waals surface area contributed by atoms with E-state index in [1.165, 1.54) is 11.3 Å². The first-order valence-electron chi connectivity index (χ1n) is 5.25. The van der Waals surface area contributed by atoms with Crippen molar-refractivity contribution in [3.63, 3.8) is 0 Å². The molecule has 1 amide bonds. The molecular formula is C10H17N3O2S. The molecule has 0 aliphatic carbocycles. The Hall–Kier alpha value is -1.14. The number of carbonyl (C=O) groups is 1. The van der Waals surface area contributed by atoms with E-state index in [-0.39, 0.29) is 25.0 Å². The predicted molar refractivity (Wildman–Crippen MR) is 64.2 cm³/mol. The fourth-order valence-electron chi connectivity index (χ4n) is 1.38. The largest absolute Gasteiger partial charge is 0.396 e. The second-order valence-corrected chi connectivity index (χ2v) is 4.43. The molecule has 0 aliphatic heterocycles. The summed E-state index contributed by atoms with van der Waals surface area (Å²) in [5.74, 6) is -0.0781. The molecule has 4 N–H and O–H groups in total. The van der Waals surface area contributed by atoms with Crippen molar-refractivity contribution in [2.75, 3.05) is 12.3 Å². The highest BCUT2D eigenvalue weighted by atomic mass is 32.1. The topological polar surface area (TPSA) is 88.2 Å². The smallest absolute Gasteiger partial charge is 0.226 e. The van der Waals surface area contributed by atoms with Crippen LogP contribution in [0.15, 0.2) is 5.38 Å². The van der Waals surface area contributed by atoms with Crippen molar-refractivity contribution in [2.24, 2.45) is 0 Å². The van der Waals surface area contributed by atoms with E-state index in [4.69, 9.17) is 10.8 Å². The molecule has 5 nitrogen and oxygen atoms in total. The van der Waals surface area contributed by atoms with Gasteiger partial charge < -0.3 is 16.2 Å². The lowest BCUT2D eigenvalue weighted by atomic mass is 10.1.